The molecule has 0 radical (unpaired) electrons. The zero-order chi connectivity index (χ0) is 17.5. The van der Waals surface area contributed by atoms with Crippen molar-refractivity contribution in [2.24, 2.45) is 0 Å². The van der Waals surface area contributed by atoms with E-state index >= 15 is 0 Å². The molecule has 0 bridgehead atoms. The highest BCUT2D eigenvalue weighted by Gasteiger charge is 2.10. The van der Waals surface area contributed by atoms with E-state index in [-0.39, 0.29) is 5.56 Å². The van der Waals surface area contributed by atoms with Crippen molar-refractivity contribution in [3.05, 3.63) is 99.3 Å². The predicted octanol–water partition coefficient (Wildman–Crippen LogP) is 4.12. The SMILES string of the molecule is O=c1/c(=C\c2ccc(-c3ccccc3)cc2)sc2nc3ccccc3n12. The van der Waals surface area contributed by atoms with E-state index in [9.17, 15) is 4.79 Å². The molecule has 0 N–H and O–H groups in total. The van der Waals surface area contributed by atoms with Gasteiger partial charge in [-0.15, -0.1) is 0 Å². The minimum absolute atomic E-state index is 0.00849. The Labute approximate surface area is 153 Å². The number of imidazole rings is 1. The number of thiazole rings is 1. The van der Waals surface area contributed by atoms with E-state index in [1.165, 1.54) is 16.9 Å². The minimum Gasteiger partial charge on any atom is -0.267 e. The van der Waals surface area contributed by atoms with Gasteiger partial charge in [-0.25, -0.2) is 9.38 Å². The molecule has 0 fully saturated rings. The number of hydrogen-bond donors (Lipinski definition) is 0. The molecule has 0 aliphatic heterocycles. The van der Waals surface area contributed by atoms with Crippen LogP contribution < -0.4 is 10.1 Å². The lowest BCUT2D eigenvalue weighted by atomic mass is 10.0. The van der Waals surface area contributed by atoms with E-state index in [0.29, 0.717) is 4.53 Å². The molecule has 2 heterocycles. The molecule has 0 spiro atoms. The first kappa shape index (κ1) is 15.0. The van der Waals surface area contributed by atoms with Gasteiger partial charge in [-0.2, -0.15) is 0 Å². The van der Waals surface area contributed by atoms with Gasteiger partial charge in [-0.3, -0.25) is 4.79 Å². The van der Waals surface area contributed by atoms with E-state index in [1.54, 1.807) is 4.40 Å². The van der Waals surface area contributed by atoms with E-state index in [0.717, 1.165) is 27.1 Å². The maximum absolute atomic E-state index is 12.8. The van der Waals surface area contributed by atoms with Crippen LogP contribution in [0, 0.1) is 0 Å². The highest BCUT2D eigenvalue weighted by atomic mass is 32.1. The zero-order valence-electron chi connectivity index (χ0n) is 13.8. The van der Waals surface area contributed by atoms with Crippen LogP contribution in [0.4, 0.5) is 0 Å². The molecule has 26 heavy (non-hydrogen) atoms. The average molecular weight is 354 g/mol. The average Bonchev–Trinajstić information content (AvgIpc) is 3.20. The number of benzene rings is 3. The summed E-state index contributed by atoms with van der Waals surface area (Å²) in [4.78, 5) is 18.1. The quantitative estimate of drug-likeness (QED) is 0.478. The summed E-state index contributed by atoms with van der Waals surface area (Å²) in [7, 11) is 0. The first-order valence-electron chi connectivity index (χ1n) is 8.37. The maximum Gasteiger partial charge on any atom is 0.274 e. The molecule has 0 aliphatic rings. The fraction of sp³-hybridized carbons (Fsp3) is 0. The second kappa shape index (κ2) is 5.93. The Morgan fingerprint density at radius 3 is 2.31 bits per heavy atom. The Kier molecular flexibility index (Phi) is 3.43. The lowest BCUT2D eigenvalue weighted by molar-refractivity contribution is 1.19. The van der Waals surface area contributed by atoms with Crippen LogP contribution in [0.25, 0.3) is 33.2 Å². The number of fused-ring (bicyclic) bond motifs is 3. The number of hydrogen-bond acceptors (Lipinski definition) is 3. The second-order valence-corrected chi connectivity index (χ2v) is 7.13. The normalized spacial score (nSPS) is 12.2. The van der Waals surface area contributed by atoms with Gasteiger partial charge in [0, 0.05) is 0 Å². The van der Waals surface area contributed by atoms with Gasteiger partial charge in [0.1, 0.15) is 0 Å². The van der Waals surface area contributed by atoms with Crippen molar-refractivity contribution in [1.29, 1.82) is 0 Å². The summed E-state index contributed by atoms with van der Waals surface area (Å²) < 4.78 is 2.40. The summed E-state index contributed by atoms with van der Waals surface area (Å²) in [5, 5.41) is 0. The summed E-state index contributed by atoms with van der Waals surface area (Å²) in [5.74, 6) is 0. The molecule has 3 nitrogen and oxygen atoms in total. The van der Waals surface area contributed by atoms with Gasteiger partial charge in [0.05, 0.1) is 15.6 Å². The van der Waals surface area contributed by atoms with E-state index in [2.05, 4.69) is 29.2 Å². The molecule has 2 aromatic heterocycles. The summed E-state index contributed by atoms with van der Waals surface area (Å²) in [5.41, 5.74) is 5.07. The van der Waals surface area contributed by atoms with Crippen molar-refractivity contribution in [2.45, 2.75) is 0 Å². The molecule has 5 rings (SSSR count). The van der Waals surface area contributed by atoms with Gasteiger partial charge in [0.2, 0.25) is 0 Å². The highest BCUT2D eigenvalue weighted by molar-refractivity contribution is 7.15. The Balaban J connectivity index is 1.60. The van der Waals surface area contributed by atoms with Crippen molar-refractivity contribution >= 4 is 33.4 Å². The van der Waals surface area contributed by atoms with Crippen LogP contribution >= 0.6 is 11.3 Å². The van der Waals surface area contributed by atoms with Gasteiger partial charge < -0.3 is 0 Å². The first-order valence-corrected chi connectivity index (χ1v) is 9.18. The Morgan fingerprint density at radius 1 is 0.808 bits per heavy atom. The third kappa shape index (κ3) is 2.43. The molecule has 0 saturated heterocycles. The van der Waals surface area contributed by atoms with Crippen molar-refractivity contribution in [3.63, 3.8) is 0 Å². The molecule has 124 valence electrons. The van der Waals surface area contributed by atoms with Gasteiger partial charge in [-0.05, 0) is 34.9 Å². The number of nitrogens with zero attached hydrogens (tertiary/aromatic N) is 2. The van der Waals surface area contributed by atoms with Crippen LogP contribution in [0.5, 0.6) is 0 Å². The van der Waals surface area contributed by atoms with E-state index in [1.807, 2.05) is 60.7 Å². The Bertz CT molecular complexity index is 1330. The van der Waals surface area contributed by atoms with Crippen molar-refractivity contribution in [2.75, 3.05) is 0 Å². The van der Waals surface area contributed by atoms with Crippen LogP contribution in [0.15, 0.2) is 83.7 Å². The zero-order valence-corrected chi connectivity index (χ0v) is 14.6. The van der Waals surface area contributed by atoms with Crippen molar-refractivity contribution in [1.82, 2.24) is 9.38 Å². The molecular weight excluding hydrogens is 340 g/mol. The highest BCUT2D eigenvalue weighted by Crippen LogP contribution is 2.20. The van der Waals surface area contributed by atoms with E-state index < -0.39 is 0 Å². The Hall–Kier alpha value is -3.24. The number of aromatic nitrogens is 2. The van der Waals surface area contributed by atoms with Crippen molar-refractivity contribution < 1.29 is 0 Å². The van der Waals surface area contributed by atoms with Crippen LogP contribution in [0.1, 0.15) is 5.56 Å². The monoisotopic (exact) mass is 354 g/mol. The van der Waals surface area contributed by atoms with E-state index in [4.69, 9.17) is 0 Å². The van der Waals surface area contributed by atoms with Gasteiger partial charge in [0.25, 0.3) is 5.56 Å². The fourth-order valence-corrected chi connectivity index (χ4v) is 4.15. The van der Waals surface area contributed by atoms with Gasteiger partial charge in [0.15, 0.2) is 4.96 Å². The maximum atomic E-state index is 12.8. The molecule has 5 aromatic rings. The van der Waals surface area contributed by atoms with Crippen LogP contribution in [0.3, 0.4) is 0 Å². The molecule has 0 atom stereocenters. The molecule has 3 aromatic carbocycles. The molecular formula is C22H14N2OS. The largest absolute Gasteiger partial charge is 0.274 e. The lowest BCUT2D eigenvalue weighted by Crippen LogP contribution is -2.22. The lowest BCUT2D eigenvalue weighted by Gasteiger charge is -2.01. The summed E-state index contributed by atoms with van der Waals surface area (Å²) in [6.45, 7) is 0. The molecule has 0 saturated carbocycles. The minimum atomic E-state index is -0.00849. The van der Waals surface area contributed by atoms with Gasteiger partial charge >= 0.3 is 0 Å². The topological polar surface area (TPSA) is 34.4 Å². The number of rotatable bonds is 2. The summed E-state index contributed by atoms with van der Waals surface area (Å²) in [6.07, 6.45) is 1.94. The number of para-hydroxylation sites is 2. The third-order valence-electron chi connectivity index (χ3n) is 4.46. The smallest absolute Gasteiger partial charge is 0.267 e. The van der Waals surface area contributed by atoms with Crippen molar-refractivity contribution in [3.8, 4) is 11.1 Å². The standard InChI is InChI=1S/C22H14N2OS/c25-21-20(26-22-23-18-8-4-5-9-19(18)24(21)22)14-15-10-12-17(13-11-15)16-6-2-1-3-7-16/h1-14H/b20-14+. The predicted molar refractivity (Wildman–Crippen MR) is 108 cm³/mol. The molecule has 0 unspecified atom stereocenters. The third-order valence-corrected chi connectivity index (χ3v) is 5.43. The summed E-state index contributed by atoms with van der Waals surface area (Å²) in [6, 6.07) is 26.2. The first-order chi connectivity index (χ1) is 12.8. The van der Waals surface area contributed by atoms with Crippen LogP contribution in [-0.4, -0.2) is 9.38 Å². The van der Waals surface area contributed by atoms with Crippen LogP contribution in [0.2, 0.25) is 0 Å². The molecule has 0 aliphatic carbocycles. The van der Waals surface area contributed by atoms with Crippen LogP contribution in [-0.2, 0) is 0 Å². The molecule has 0 amide bonds. The fourth-order valence-electron chi connectivity index (χ4n) is 3.17. The second-order valence-electron chi connectivity index (χ2n) is 6.12. The summed E-state index contributed by atoms with van der Waals surface area (Å²) >= 11 is 1.43. The molecule has 4 heteroatoms. The van der Waals surface area contributed by atoms with Gasteiger partial charge in [-0.1, -0.05) is 78.1 Å². The Morgan fingerprint density at radius 2 is 1.50 bits per heavy atom.